The summed E-state index contributed by atoms with van der Waals surface area (Å²) < 4.78 is 5.39. The Labute approximate surface area is 125 Å². The Kier molecular flexibility index (Phi) is 5.11. The van der Waals surface area contributed by atoms with Crippen LogP contribution in [-0.2, 0) is 11.3 Å². The largest absolute Gasteiger partial charge is 0.374 e. The van der Waals surface area contributed by atoms with Gasteiger partial charge in [0.1, 0.15) is 18.2 Å². The van der Waals surface area contributed by atoms with Gasteiger partial charge >= 0.3 is 0 Å². The lowest BCUT2D eigenvalue weighted by atomic mass is 10.1. The Bertz CT molecular complexity index is 613. The van der Waals surface area contributed by atoms with E-state index in [4.69, 9.17) is 4.74 Å². The molecule has 0 spiro atoms. The van der Waals surface area contributed by atoms with Gasteiger partial charge < -0.3 is 15.4 Å². The summed E-state index contributed by atoms with van der Waals surface area (Å²) in [5.41, 5.74) is 3.52. The minimum atomic E-state index is 0.410. The molecule has 0 aliphatic carbocycles. The summed E-state index contributed by atoms with van der Waals surface area (Å²) >= 11 is 0. The van der Waals surface area contributed by atoms with Gasteiger partial charge in [-0.15, -0.1) is 0 Å². The summed E-state index contributed by atoms with van der Waals surface area (Å²) in [6, 6.07) is 8.06. The van der Waals surface area contributed by atoms with Gasteiger partial charge in [-0.3, -0.25) is 0 Å². The van der Waals surface area contributed by atoms with E-state index in [1.807, 2.05) is 32.2 Å². The number of aryl methyl sites for hydroxylation is 1. The van der Waals surface area contributed by atoms with Crippen molar-refractivity contribution < 1.29 is 4.74 Å². The highest BCUT2D eigenvalue weighted by atomic mass is 16.5. The van der Waals surface area contributed by atoms with E-state index in [2.05, 4.69) is 40.5 Å². The third kappa shape index (κ3) is 3.92. The van der Waals surface area contributed by atoms with Crippen LogP contribution in [0.1, 0.15) is 23.9 Å². The Morgan fingerprint density at radius 3 is 2.62 bits per heavy atom. The van der Waals surface area contributed by atoms with Gasteiger partial charge in [0, 0.05) is 25.4 Å². The predicted octanol–water partition coefficient (Wildman–Crippen LogP) is 3.42. The second-order valence-corrected chi connectivity index (χ2v) is 4.81. The van der Waals surface area contributed by atoms with Gasteiger partial charge in [0.25, 0.3) is 0 Å². The molecule has 1 aromatic heterocycles. The number of benzene rings is 1. The van der Waals surface area contributed by atoms with Crippen molar-refractivity contribution >= 4 is 17.3 Å². The van der Waals surface area contributed by atoms with Crippen LogP contribution in [0.4, 0.5) is 17.3 Å². The molecule has 1 heterocycles. The van der Waals surface area contributed by atoms with E-state index >= 15 is 0 Å². The second kappa shape index (κ2) is 7.04. The van der Waals surface area contributed by atoms with Crippen LogP contribution in [-0.4, -0.2) is 23.6 Å². The van der Waals surface area contributed by atoms with Crippen LogP contribution in [0, 0.1) is 13.8 Å². The van der Waals surface area contributed by atoms with Crippen LogP contribution in [0.2, 0.25) is 0 Å². The molecule has 0 aliphatic rings. The monoisotopic (exact) mass is 286 g/mol. The van der Waals surface area contributed by atoms with Crippen molar-refractivity contribution in [2.45, 2.75) is 27.4 Å². The van der Waals surface area contributed by atoms with Gasteiger partial charge in [-0.2, -0.15) is 0 Å². The lowest BCUT2D eigenvalue weighted by Crippen LogP contribution is -2.06. The molecule has 2 aromatic rings. The van der Waals surface area contributed by atoms with Gasteiger partial charge in [-0.05, 0) is 38.0 Å². The fourth-order valence-corrected chi connectivity index (χ4v) is 1.97. The van der Waals surface area contributed by atoms with Crippen molar-refractivity contribution in [1.29, 1.82) is 0 Å². The molecule has 112 valence electrons. The maximum atomic E-state index is 5.39. The molecule has 0 radical (unpaired) electrons. The predicted molar refractivity (Wildman–Crippen MR) is 86.1 cm³/mol. The lowest BCUT2D eigenvalue weighted by Gasteiger charge is -2.13. The van der Waals surface area contributed by atoms with Crippen LogP contribution in [0.15, 0.2) is 24.3 Å². The Morgan fingerprint density at radius 2 is 1.90 bits per heavy atom. The zero-order chi connectivity index (χ0) is 15.2. The molecule has 0 aliphatic heterocycles. The number of aromatic nitrogens is 2. The first-order chi connectivity index (χ1) is 10.1. The smallest absolute Gasteiger partial charge is 0.158 e. The minimum absolute atomic E-state index is 0.410. The molecular formula is C16H22N4O. The quantitative estimate of drug-likeness (QED) is 0.852. The van der Waals surface area contributed by atoms with Gasteiger partial charge in [-0.25, -0.2) is 9.97 Å². The third-order valence-electron chi connectivity index (χ3n) is 3.33. The molecule has 0 saturated heterocycles. The van der Waals surface area contributed by atoms with Crippen molar-refractivity contribution in [2.75, 3.05) is 24.3 Å². The molecule has 0 atom stereocenters. The summed E-state index contributed by atoms with van der Waals surface area (Å²) in [4.78, 5) is 8.88. The van der Waals surface area contributed by atoms with Crippen LogP contribution in [0.3, 0.4) is 0 Å². The topological polar surface area (TPSA) is 59.1 Å². The van der Waals surface area contributed by atoms with Gasteiger partial charge in [0.2, 0.25) is 0 Å². The standard InChI is InChI=1S/C16H22N4O/c1-5-21-10-16-19-14(17-4)9-15(20-16)18-13-8-6-7-11(2)12(13)3/h6-9H,5,10H2,1-4H3,(H2,17,18,19,20). The number of ether oxygens (including phenoxy) is 1. The maximum Gasteiger partial charge on any atom is 0.158 e. The molecule has 1 aromatic carbocycles. The highest BCUT2D eigenvalue weighted by Crippen LogP contribution is 2.23. The first-order valence-electron chi connectivity index (χ1n) is 7.10. The van der Waals surface area contributed by atoms with E-state index in [-0.39, 0.29) is 0 Å². The summed E-state index contributed by atoms with van der Waals surface area (Å²) in [6.07, 6.45) is 0. The molecule has 0 saturated carbocycles. The Balaban J connectivity index is 2.28. The summed E-state index contributed by atoms with van der Waals surface area (Å²) in [5, 5.41) is 6.41. The highest BCUT2D eigenvalue weighted by Gasteiger charge is 2.06. The SMILES string of the molecule is CCOCc1nc(NC)cc(Nc2cccc(C)c2C)n1. The van der Waals surface area contributed by atoms with Gasteiger partial charge in [0.05, 0.1) is 0 Å². The molecule has 21 heavy (non-hydrogen) atoms. The van der Waals surface area contributed by atoms with Gasteiger partial charge in [0.15, 0.2) is 5.82 Å². The second-order valence-electron chi connectivity index (χ2n) is 4.81. The fourth-order valence-electron chi connectivity index (χ4n) is 1.97. The van der Waals surface area contributed by atoms with Crippen molar-refractivity contribution in [3.05, 3.63) is 41.2 Å². The molecule has 0 unspecified atom stereocenters. The Morgan fingerprint density at radius 1 is 1.14 bits per heavy atom. The van der Waals surface area contributed by atoms with Crippen molar-refractivity contribution in [2.24, 2.45) is 0 Å². The van der Waals surface area contributed by atoms with Crippen LogP contribution in [0.25, 0.3) is 0 Å². The van der Waals surface area contributed by atoms with Crippen molar-refractivity contribution in [1.82, 2.24) is 9.97 Å². The van der Waals surface area contributed by atoms with Crippen LogP contribution < -0.4 is 10.6 Å². The van der Waals surface area contributed by atoms with Crippen LogP contribution in [0.5, 0.6) is 0 Å². The Hall–Kier alpha value is -2.14. The van der Waals surface area contributed by atoms with Crippen LogP contribution >= 0.6 is 0 Å². The van der Waals surface area contributed by atoms with Gasteiger partial charge in [-0.1, -0.05) is 12.1 Å². The zero-order valence-corrected chi connectivity index (χ0v) is 13.0. The highest BCUT2D eigenvalue weighted by molar-refractivity contribution is 5.63. The molecule has 5 heteroatoms. The first-order valence-corrected chi connectivity index (χ1v) is 7.10. The first kappa shape index (κ1) is 15.3. The third-order valence-corrected chi connectivity index (χ3v) is 3.33. The molecule has 0 fully saturated rings. The number of hydrogen-bond donors (Lipinski definition) is 2. The number of nitrogens with one attached hydrogen (secondary N) is 2. The van der Waals surface area contributed by atoms with E-state index in [0.717, 1.165) is 17.3 Å². The average Bonchev–Trinajstić information content (AvgIpc) is 2.49. The van der Waals surface area contributed by atoms with E-state index < -0.39 is 0 Å². The van der Waals surface area contributed by atoms with E-state index in [1.54, 1.807) is 0 Å². The van der Waals surface area contributed by atoms with Crippen molar-refractivity contribution in [3.63, 3.8) is 0 Å². The maximum absolute atomic E-state index is 5.39. The summed E-state index contributed by atoms with van der Waals surface area (Å²) in [7, 11) is 1.84. The molecule has 2 N–H and O–H groups in total. The number of nitrogens with zero attached hydrogens (tertiary/aromatic N) is 2. The molecule has 2 rings (SSSR count). The molecule has 0 amide bonds. The van der Waals surface area contributed by atoms with E-state index in [0.29, 0.717) is 19.0 Å². The van der Waals surface area contributed by atoms with E-state index in [1.165, 1.54) is 11.1 Å². The average molecular weight is 286 g/mol. The fraction of sp³-hybridized carbons (Fsp3) is 0.375. The minimum Gasteiger partial charge on any atom is -0.374 e. The number of anilines is 3. The van der Waals surface area contributed by atoms with Crippen molar-refractivity contribution in [3.8, 4) is 0 Å². The van der Waals surface area contributed by atoms with E-state index in [9.17, 15) is 0 Å². The normalized spacial score (nSPS) is 10.5. The lowest BCUT2D eigenvalue weighted by molar-refractivity contribution is 0.128. The number of rotatable bonds is 6. The summed E-state index contributed by atoms with van der Waals surface area (Å²) in [5.74, 6) is 2.20. The number of hydrogen-bond acceptors (Lipinski definition) is 5. The molecule has 5 nitrogen and oxygen atoms in total. The zero-order valence-electron chi connectivity index (χ0n) is 13.0. The molecular weight excluding hydrogens is 264 g/mol. The molecule has 0 bridgehead atoms. The summed E-state index contributed by atoms with van der Waals surface area (Å²) in [6.45, 7) is 7.20.